The maximum absolute atomic E-state index is 13.1. The van der Waals surface area contributed by atoms with Crippen molar-refractivity contribution in [3.8, 4) is 17.2 Å². The molecule has 0 saturated carbocycles. The van der Waals surface area contributed by atoms with Crippen molar-refractivity contribution in [1.82, 2.24) is 4.98 Å². The average molecular weight is 463 g/mol. The molecule has 5 aromatic rings. The number of fused-ring (bicyclic) bond motifs is 1. The fourth-order valence-corrected chi connectivity index (χ4v) is 3.86. The Kier molecular flexibility index (Phi) is 6.06. The highest BCUT2D eigenvalue weighted by Gasteiger charge is 2.14. The normalized spacial score (nSPS) is 10.9. The van der Waals surface area contributed by atoms with E-state index in [-0.39, 0.29) is 5.91 Å². The molecular weight excluding hydrogens is 436 g/mol. The molecule has 0 fully saturated rings. The van der Waals surface area contributed by atoms with Crippen LogP contribution in [0.4, 0.5) is 5.69 Å². The zero-order chi connectivity index (χ0) is 24.4. The lowest BCUT2D eigenvalue weighted by Gasteiger charge is -2.11. The van der Waals surface area contributed by atoms with E-state index in [4.69, 9.17) is 9.15 Å². The van der Waals surface area contributed by atoms with Crippen LogP contribution >= 0.6 is 0 Å². The van der Waals surface area contributed by atoms with Crippen molar-refractivity contribution in [2.45, 2.75) is 27.4 Å². The van der Waals surface area contributed by atoms with Crippen molar-refractivity contribution in [3.63, 3.8) is 0 Å². The van der Waals surface area contributed by atoms with E-state index in [0.717, 1.165) is 33.4 Å². The van der Waals surface area contributed by atoms with Crippen LogP contribution < -0.4 is 10.1 Å². The fourth-order valence-electron chi connectivity index (χ4n) is 3.86. The second-order valence-electron chi connectivity index (χ2n) is 8.71. The SMILES string of the molecule is Cc1cc2nc(-c3ccc(C)c(NC(=O)c4cccc(OCc5ccccc5)c4)c3)oc2cc1C. The van der Waals surface area contributed by atoms with Crippen molar-refractivity contribution in [3.05, 3.63) is 113 Å². The minimum absolute atomic E-state index is 0.209. The number of aromatic nitrogens is 1. The van der Waals surface area contributed by atoms with Gasteiger partial charge >= 0.3 is 0 Å². The predicted octanol–water partition coefficient (Wildman–Crippen LogP) is 7.25. The molecule has 0 atom stereocenters. The maximum Gasteiger partial charge on any atom is 0.255 e. The number of nitrogens with one attached hydrogen (secondary N) is 1. The third-order valence-corrected chi connectivity index (χ3v) is 6.08. The second kappa shape index (κ2) is 9.47. The highest BCUT2D eigenvalue weighted by atomic mass is 16.5. The molecule has 0 spiro atoms. The van der Waals surface area contributed by atoms with E-state index in [0.29, 0.717) is 29.5 Å². The van der Waals surface area contributed by atoms with Crippen molar-refractivity contribution in [1.29, 1.82) is 0 Å². The van der Waals surface area contributed by atoms with Gasteiger partial charge in [-0.3, -0.25) is 4.79 Å². The van der Waals surface area contributed by atoms with E-state index in [9.17, 15) is 4.79 Å². The number of benzene rings is 4. The van der Waals surface area contributed by atoms with Crippen LogP contribution in [-0.2, 0) is 6.61 Å². The van der Waals surface area contributed by atoms with Gasteiger partial charge in [0.15, 0.2) is 5.58 Å². The summed E-state index contributed by atoms with van der Waals surface area (Å²) in [5.41, 5.74) is 7.95. The number of hydrogen-bond acceptors (Lipinski definition) is 4. The van der Waals surface area contributed by atoms with E-state index in [1.807, 2.05) is 79.7 Å². The quantitative estimate of drug-likeness (QED) is 0.289. The monoisotopic (exact) mass is 462 g/mol. The summed E-state index contributed by atoms with van der Waals surface area (Å²) < 4.78 is 11.9. The molecule has 174 valence electrons. The van der Waals surface area contributed by atoms with E-state index in [1.54, 1.807) is 12.1 Å². The number of rotatable bonds is 6. The molecule has 5 heteroatoms. The first-order valence-corrected chi connectivity index (χ1v) is 11.5. The van der Waals surface area contributed by atoms with Gasteiger partial charge in [0.25, 0.3) is 5.91 Å². The number of aryl methyl sites for hydroxylation is 3. The minimum Gasteiger partial charge on any atom is -0.489 e. The van der Waals surface area contributed by atoms with E-state index in [1.165, 1.54) is 5.56 Å². The van der Waals surface area contributed by atoms with Gasteiger partial charge in [0.1, 0.15) is 17.9 Å². The third kappa shape index (κ3) is 4.94. The predicted molar refractivity (Wildman–Crippen MR) is 139 cm³/mol. The zero-order valence-corrected chi connectivity index (χ0v) is 20.0. The Labute approximate surface area is 204 Å². The molecule has 35 heavy (non-hydrogen) atoms. The number of hydrogen-bond donors (Lipinski definition) is 1. The molecular formula is C30H26N2O3. The standard InChI is InChI=1S/C30H26N2O3/c1-19-12-13-24(30-32-27-14-20(2)21(3)15-28(27)35-30)17-26(19)31-29(33)23-10-7-11-25(16-23)34-18-22-8-5-4-6-9-22/h4-17H,18H2,1-3H3,(H,31,33). The van der Waals surface area contributed by atoms with Crippen LogP contribution in [0, 0.1) is 20.8 Å². The Balaban J connectivity index is 1.35. The Morgan fingerprint density at radius 3 is 2.49 bits per heavy atom. The molecule has 0 unspecified atom stereocenters. The molecule has 0 bridgehead atoms. The smallest absolute Gasteiger partial charge is 0.255 e. The Bertz CT molecular complexity index is 1480. The Hall–Kier alpha value is -4.38. The summed E-state index contributed by atoms with van der Waals surface area (Å²) in [6.07, 6.45) is 0. The molecule has 5 nitrogen and oxygen atoms in total. The number of nitrogens with zero attached hydrogens (tertiary/aromatic N) is 1. The summed E-state index contributed by atoms with van der Waals surface area (Å²) in [6.45, 7) is 6.51. The summed E-state index contributed by atoms with van der Waals surface area (Å²) in [6, 6.07) is 27.0. The Morgan fingerprint density at radius 1 is 0.857 bits per heavy atom. The largest absolute Gasteiger partial charge is 0.489 e. The lowest BCUT2D eigenvalue weighted by Crippen LogP contribution is -2.13. The molecule has 1 N–H and O–H groups in total. The number of amides is 1. The summed E-state index contributed by atoms with van der Waals surface area (Å²) in [5, 5.41) is 3.03. The van der Waals surface area contributed by atoms with Gasteiger partial charge in [-0.05, 0) is 85.5 Å². The van der Waals surface area contributed by atoms with Crippen LogP contribution in [0.1, 0.15) is 32.6 Å². The molecule has 0 aliphatic rings. The van der Waals surface area contributed by atoms with E-state index in [2.05, 4.69) is 24.1 Å². The summed E-state index contributed by atoms with van der Waals surface area (Å²) in [7, 11) is 0. The maximum atomic E-state index is 13.1. The highest BCUT2D eigenvalue weighted by Crippen LogP contribution is 2.29. The molecule has 0 radical (unpaired) electrons. The summed E-state index contributed by atoms with van der Waals surface area (Å²) in [5.74, 6) is 0.958. The summed E-state index contributed by atoms with van der Waals surface area (Å²) >= 11 is 0. The van der Waals surface area contributed by atoms with Gasteiger partial charge in [0.05, 0.1) is 0 Å². The van der Waals surface area contributed by atoms with Crippen LogP contribution in [0.5, 0.6) is 5.75 Å². The van der Waals surface area contributed by atoms with Crippen molar-refractivity contribution in [2.75, 3.05) is 5.32 Å². The first kappa shape index (κ1) is 22.4. The lowest BCUT2D eigenvalue weighted by molar-refractivity contribution is 0.102. The molecule has 1 aromatic heterocycles. The van der Waals surface area contributed by atoms with Gasteiger partial charge in [-0.1, -0.05) is 42.5 Å². The van der Waals surface area contributed by atoms with Crippen LogP contribution in [-0.4, -0.2) is 10.9 Å². The molecule has 0 saturated heterocycles. The highest BCUT2D eigenvalue weighted by molar-refractivity contribution is 6.05. The van der Waals surface area contributed by atoms with Crippen LogP contribution in [0.25, 0.3) is 22.6 Å². The van der Waals surface area contributed by atoms with Gasteiger partial charge in [-0.15, -0.1) is 0 Å². The first-order chi connectivity index (χ1) is 17.0. The minimum atomic E-state index is -0.209. The molecule has 1 heterocycles. The van der Waals surface area contributed by atoms with E-state index >= 15 is 0 Å². The lowest BCUT2D eigenvalue weighted by atomic mass is 10.1. The van der Waals surface area contributed by atoms with Crippen molar-refractivity contribution >= 4 is 22.7 Å². The zero-order valence-electron chi connectivity index (χ0n) is 20.0. The van der Waals surface area contributed by atoms with Crippen molar-refractivity contribution < 1.29 is 13.9 Å². The van der Waals surface area contributed by atoms with Gasteiger partial charge < -0.3 is 14.5 Å². The van der Waals surface area contributed by atoms with Crippen LogP contribution in [0.15, 0.2) is 89.3 Å². The fraction of sp³-hybridized carbons (Fsp3) is 0.133. The number of ether oxygens (including phenoxy) is 1. The number of carbonyl (C=O) groups excluding carboxylic acids is 1. The number of carbonyl (C=O) groups is 1. The number of anilines is 1. The van der Waals surface area contributed by atoms with Crippen LogP contribution in [0.3, 0.4) is 0 Å². The Morgan fingerprint density at radius 2 is 1.66 bits per heavy atom. The second-order valence-corrected chi connectivity index (χ2v) is 8.71. The third-order valence-electron chi connectivity index (χ3n) is 6.08. The number of oxazole rings is 1. The molecule has 4 aromatic carbocycles. The van der Waals surface area contributed by atoms with Gasteiger partial charge in [0.2, 0.25) is 5.89 Å². The van der Waals surface area contributed by atoms with E-state index < -0.39 is 0 Å². The first-order valence-electron chi connectivity index (χ1n) is 11.5. The molecule has 5 rings (SSSR count). The topological polar surface area (TPSA) is 64.4 Å². The molecule has 1 amide bonds. The molecule has 0 aliphatic carbocycles. The van der Waals surface area contributed by atoms with Gasteiger partial charge in [0, 0.05) is 16.8 Å². The average Bonchev–Trinajstić information content (AvgIpc) is 3.27. The van der Waals surface area contributed by atoms with Crippen LogP contribution in [0.2, 0.25) is 0 Å². The van der Waals surface area contributed by atoms with Gasteiger partial charge in [-0.2, -0.15) is 0 Å². The molecule has 0 aliphatic heterocycles. The summed E-state index contributed by atoms with van der Waals surface area (Å²) in [4.78, 5) is 17.7. The van der Waals surface area contributed by atoms with Gasteiger partial charge in [-0.25, -0.2) is 4.98 Å². The van der Waals surface area contributed by atoms with Crippen molar-refractivity contribution in [2.24, 2.45) is 0 Å².